The number of hydrogen-bond acceptors (Lipinski definition) is 4. The first-order valence-electron chi connectivity index (χ1n) is 10.6. The van der Waals surface area contributed by atoms with E-state index in [1.165, 1.54) is 0 Å². The lowest BCUT2D eigenvalue weighted by atomic mass is 9.76. The highest BCUT2D eigenvalue weighted by atomic mass is 16.5. The molecular formula is C26H28N2O3. The molecule has 1 saturated heterocycles. The molecule has 0 aliphatic carbocycles. The van der Waals surface area contributed by atoms with Crippen LogP contribution in [0.1, 0.15) is 32.6 Å². The summed E-state index contributed by atoms with van der Waals surface area (Å²) in [6.45, 7) is 3.84. The summed E-state index contributed by atoms with van der Waals surface area (Å²) in [5.74, 6) is -0.226. The molecule has 1 aliphatic heterocycles. The third-order valence-corrected chi connectivity index (χ3v) is 5.88. The quantitative estimate of drug-likeness (QED) is 0.606. The molecule has 3 aromatic carbocycles. The van der Waals surface area contributed by atoms with Crippen molar-refractivity contribution >= 4 is 5.91 Å². The minimum Gasteiger partial charge on any atom is -0.379 e. The van der Waals surface area contributed by atoms with Gasteiger partial charge in [-0.2, -0.15) is 0 Å². The molecule has 160 valence electrons. The number of aliphatic hydroxyl groups is 1. The Labute approximate surface area is 183 Å². The van der Waals surface area contributed by atoms with E-state index >= 15 is 0 Å². The average molecular weight is 417 g/mol. The summed E-state index contributed by atoms with van der Waals surface area (Å²) in [6.07, 6.45) is 0. The highest BCUT2D eigenvalue weighted by Crippen LogP contribution is 2.40. The Kier molecular flexibility index (Phi) is 6.47. The zero-order chi connectivity index (χ0) is 21.7. The summed E-state index contributed by atoms with van der Waals surface area (Å²) in [6, 6.07) is 24.8. The molecule has 1 atom stereocenters. The van der Waals surface area contributed by atoms with E-state index in [-0.39, 0.29) is 5.91 Å². The number of amides is 1. The van der Waals surface area contributed by atoms with Crippen LogP contribution in [-0.2, 0) is 16.9 Å². The number of nitrogens with zero attached hydrogens (tertiary/aromatic N) is 1. The van der Waals surface area contributed by atoms with Crippen LogP contribution in [0.3, 0.4) is 0 Å². The smallest absolute Gasteiger partial charge is 0.251 e. The van der Waals surface area contributed by atoms with Crippen LogP contribution in [-0.4, -0.2) is 49.3 Å². The number of benzene rings is 3. The van der Waals surface area contributed by atoms with E-state index in [2.05, 4.69) is 16.3 Å². The Hall–Kier alpha value is -2.99. The molecule has 1 amide bonds. The first-order chi connectivity index (χ1) is 15.1. The van der Waals surface area contributed by atoms with Crippen molar-refractivity contribution in [2.24, 2.45) is 0 Å². The largest absolute Gasteiger partial charge is 0.379 e. The number of hydrogen-bond donors (Lipinski definition) is 2. The van der Waals surface area contributed by atoms with E-state index < -0.39 is 5.60 Å². The number of carbonyl (C=O) groups excluding carboxylic acids is 1. The molecule has 5 nitrogen and oxygen atoms in total. The second-order valence-electron chi connectivity index (χ2n) is 7.75. The molecule has 0 radical (unpaired) electrons. The van der Waals surface area contributed by atoms with Gasteiger partial charge < -0.3 is 15.2 Å². The number of ether oxygens (including phenoxy) is 1. The normalized spacial score (nSPS) is 16.5. The molecule has 0 bridgehead atoms. The van der Waals surface area contributed by atoms with E-state index in [1.807, 2.05) is 66.7 Å². The van der Waals surface area contributed by atoms with Crippen LogP contribution in [0.15, 0.2) is 78.9 Å². The zero-order valence-corrected chi connectivity index (χ0v) is 17.8. The lowest BCUT2D eigenvalue weighted by Gasteiger charge is -2.35. The van der Waals surface area contributed by atoms with Gasteiger partial charge in [-0.15, -0.1) is 0 Å². The van der Waals surface area contributed by atoms with Crippen LogP contribution in [0.25, 0.3) is 0 Å². The van der Waals surface area contributed by atoms with Gasteiger partial charge in [0, 0.05) is 37.8 Å². The standard InChI is InChI=1S/C26H28N2O3/c1-27-25(29)22-12-6-8-14-24(22)26(30,21-10-3-2-4-11-21)23-13-7-5-9-20(23)19-28-15-17-31-18-16-28/h2-14,30H,15-19H2,1H3,(H,27,29). The summed E-state index contributed by atoms with van der Waals surface area (Å²) < 4.78 is 5.49. The summed E-state index contributed by atoms with van der Waals surface area (Å²) in [7, 11) is 1.60. The monoisotopic (exact) mass is 416 g/mol. The SMILES string of the molecule is CNC(=O)c1ccccc1C(O)(c1ccccc1)c1ccccc1CN1CCOCC1. The summed E-state index contributed by atoms with van der Waals surface area (Å²) in [4.78, 5) is 15.0. The summed E-state index contributed by atoms with van der Waals surface area (Å²) >= 11 is 0. The summed E-state index contributed by atoms with van der Waals surface area (Å²) in [5.41, 5.74) is 2.08. The third kappa shape index (κ3) is 4.26. The van der Waals surface area contributed by atoms with Crippen molar-refractivity contribution in [2.75, 3.05) is 33.4 Å². The van der Waals surface area contributed by atoms with Crippen LogP contribution >= 0.6 is 0 Å². The number of morpholine rings is 1. The molecule has 31 heavy (non-hydrogen) atoms. The van der Waals surface area contributed by atoms with Crippen LogP contribution < -0.4 is 5.32 Å². The lowest BCUT2D eigenvalue weighted by Crippen LogP contribution is -2.38. The molecule has 1 fully saturated rings. The molecular weight excluding hydrogens is 388 g/mol. The van der Waals surface area contributed by atoms with Gasteiger partial charge in [-0.05, 0) is 22.8 Å². The predicted octanol–water partition coefficient (Wildman–Crippen LogP) is 3.16. The lowest BCUT2D eigenvalue weighted by molar-refractivity contribution is 0.0334. The molecule has 1 unspecified atom stereocenters. The van der Waals surface area contributed by atoms with E-state index in [0.717, 1.165) is 29.8 Å². The second-order valence-corrected chi connectivity index (χ2v) is 7.75. The van der Waals surface area contributed by atoms with Crippen molar-refractivity contribution < 1.29 is 14.6 Å². The molecule has 0 saturated carbocycles. The van der Waals surface area contributed by atoms with Crippen molar-refractivity contribution in [2.45, 2.75) is 12.1 Å². The maximum Gasteiger partial charge on any atom is 0.251 e. The number of nitrogens with one attached hydrogen (secondary N) is 1. The van der Waals surface area contributed by atoms with Crippen molar-refractivity contribution in [3.63, 3.8) is 0 Å². The molecule has 1 heterocycles. The highest BCUT2D eigenvalue weighted by Gasteiger charge is 2.38. The van der Waals surface area contributed by atoms with Crippen LogP contribution in [0.2, 0.25) is 0 Å². The summed E-state index contributed by atoms with van der Waals surface area (Å²) in [5, 5.41) is 15.1. The first-order valence-corrected chi connectivity index (χ1v) is 10.6. The minimum atomic E-state index is -1.48. The zero-order valence-electron chi connectivity index (χ0n) is 17.8. The first kappa shape index (κ1) is 21.2. The van der Waals surface area contributed by atoms with Gasteiger partial charge in [0.2, 0.25) is 0 Å². The fourth-order valence-electron chi connectivity index (χ4n) is 4.28. The Morgan fingerprint density at radius 3 is 2.26 bits per heavy atom. The molecule has 1 aliphatic rings. The Bertz CT molecular complexity index is 1030. The van der Waals surface area contributed by atoms with Crippen LogP contribution in [0.4, 0.5) is 0 Å². The molecule has 2 N–H and O–H groups in total. The van der Waals surface area contributed by atoms with Gasteiger partial charge in [-0.3, -0.25) is 9.69 Å². The maximum atomic E-state index is 12.7. The molecule has 4 rings (SSSR count). The molecule has 3 aromatic rings. The molecule has 5 heteroatoms. The molecule has 0 aromatic heterocycles. The van der Waals surface area contributed by atoms with Gasteiger partial charge in [-0.1, -0.05) is 72.8 Å². The predicted molar refractivity (Wildman–Crippen MR) is 121 cm³/mol. The van der Waals surface area contributed by atoms with E-state index in [9.17, 15) is 9.90 Å². The van der Waals surface area contributed by atoms with Gasteiger partial charge >= 0.3 is 0 Å². The molecule has 0 spiro atoms. The van der Waals surface area contributed by atoms with Crippen LogP contribution in [0.5, 0.6) is 0 Å². The van der Waals surface area contributed by atoms with Gasteiger partial charge in [0.25, 0.3) is 5.91 Å². The van der Waals surface area contributed by atoms with Crippen molar-refractivity contribution in [3.05, 3.63) is 107 Å². The van der Waals surface area contributed by atoms with E-state index in [1.54, 1.807) is 13.1 Å². The van der Waals surface area contributed by atoms with Gasteiger partial charge in [0.1, 0.15) is 5.60 Å². The van der Waals surface area contributed by atoms with Gasteiger partial charge in [-0.25, -0.2) is 0 Å². The third-order valence-electron chi connectivity index (χ3n) is 5.88. The maximum absolute atomic E-state index is 12.7. The average Bonchev–Trinajstić information content (AvgIpc) is 2.84. The van der Waals surface area contributed by atoms with E-state index in [0.29, 0.717) is 30.9 Å². The fourth-order valence-corrected chi connectivity index (χ4v) is 4.28. The highest BCUT2D eigenvalue weighted by molar-refractivity contribution is 5.96. The number of rotatable bonds is 6. The van der Waals surface area contributed by atoms with Crippen molar-refractivity contribution in [1.29, 1.82) is 0 Å². The Morgan fingerprint density at radius 1 is 0.935 bits per heavy atom. The topological polar surface area (TPSA) is 61.8 Å². The fraction of sp³-hybridized carbons (Fsp3) is 0.269. The van der Waals surface area contributed by atoms with Gasteiger partial charge in [0.05, 0.1) is 13.2 Å². The van der Waals surface area contributed by atoms with Crippen molar-refractivity contribution in [1.82, 2.24) is 10.2 Å². The van der Waals surface area contributed by atoms with E-state index in [4.69, 9.17) is 4.74 Å². The Morgan fingerprint density at radius 2 is 1.55 bits per heavy atom. The minimum absolute atomic E-state index is 0.226. The van der Waals surface area contributed by atoms with Gasteiger partial charge in [0.15, 0.2) is 0 Å². The Balaban J connectivity index is 1.90. The number of carbonyl (C=O) groups is 1. The van der Waals surface area contributed by atoms with Crippen LogP contribution in [0, 0.1) is 0 Å². The second kappa shape index (κ2) is 9.43. The van der Waals surface area contributed by atoms with Crippen molar-refractivity contribution in [3.8, 4) is 0 Å².